The predicted octanol–water partition coefficient (Wildman–Crippen LogP) is 3.71. The maximum atomic E-state index is 5.12. The molecular weight excluding hydrogens is 220 g/mol. The van der Waals surface area contributed by atoms with Gasteiger partial charge in [-0.15, -0.1) is 0 Å². The number of hydrogen-bond donors (Lipinski definition) is 0. The zero-order valence-corrected chi connectivity index (χ0v) is 10.9. The van der Waals surface area contributed by atoms with E-state index in [-0.39, 0.29) is 0 Å². The number of methoxy groups -OCH3 is 1. The van der Waals surface area contributed by atoms with E-state index in [1.54, 1.807) is 7.11 Å². The first-order chi connectivity index (χ1) is 8.69. The van der Waals surface area contributed by atoms with Crippen LogP contribution in [0.1, 0.15) is 22.3 Å². The summed E-state index contributed by atoms with van der Waals surface area (Å²) >= 11 is 0. The molecule has 0 saturated heterocycles. The van der Waals surface area contributed by atoms with Crippen molar-refractivity contribution in [3.63, 3.8) is 0 Å². The van der Waals surface area contributed by atoms with E-state index in [0.717, 1.165) is 16.9 Å². The van der Waals surface area contributed by atoms with Gasteiger partial charge in [-0.25, -0.2) is 0 Å². The second-order valence-corrected chi connectivity index (χ2v) is 4.30. The Morgan fingerprint density at radius 3 is 2.22 bits per heavy atom. The van der Waals surface area contributed by atoms with Crippen molar-refractivity contribution in [3.8, 4) is 17.6 Å². The van der Waals surface area contributed by atoms with Crippen molar-refractivity contribution in [2.24, 2.45) is 0 Å². The second-order valence-electron chi connectivity index (χ2n) is 4.30. The highest BCUT2D eigenvalue weighted by molar-refractivity contribution is 5.47. The van der Waals surface area contributed by atoms with E-state index < -0.39 is 0 Å². The topological polar surface area (TPSA) is 9.23 Å². The fraction of sp³-hybridized carbons (Fsp3) is 0.176. The third-order valence-electron chi connectivity index (χ3n) is 2.81. The lowest BCUT2D eigenvalue weighted by Crippen LogP contribution is -1.84. The smallest absolute Gasteiger partial charge is 0.118 e. The first kappa shape index (κ1) is 12.3. The summed E-state index contributed by atoms with van der Waals surface area (Å²) in [7, 11) is 1.66. The van der Waals surface area contributed by atoms with Crippen molar-refractivity contribution < 1.29 is 4.74 Å². The van der Waals surface area contributed by atoms with Crippen LogP contribution < -0.4 is 4.74 Å². The SMILES string of the molecule is COc1ccc(C#Cc2ccc(C)cc2C)cc1. The van der Waals surface area contributed by atoms with E-state index in [1.165, 1.54) is 11.1 Å². The highest BCUT2D eigenvalue weighted by Crippen LogP contribution is 2.12. The molecule has 0 spiro atoms. The highest BCUT2D eigenvalue weighted by Gasteiger charge is 1.94. The molecule has 1 heteroatoms. The summed E-state index contributed by atoms with van der Waals surface area (Å²) in [5.41, 5.74) is 4.56. The summed E-state index contributed by atoms with van der Waals surface area (Å²) in [4.78, 5) is 0. The van der Waals surface area contributed by atoms with E-state index in [9.17, 15) is 0 Å². The van der Waals surface area contributed by atoms with Gasteiger partial charge in [0.15, 0.2) is 0 Å². The molecule has 2 aromatic carbocycles. The van der Waals surface area contributed by atoms with Gasteiger partial charge in [0.2, 0.25) is 0 Å². The van der Waals surface area contributed by atoms with E-state index in [1.807, 2.05) is 24.3 Å². The third kappa shape index (κ3) is 2.93. The van der Waals surface area contributed by atoms with Crippen LogP contribution in [0.5, 0.6) is 5.75 Å². The molecule has 2 aromatic rings. The van der Waals surface area contributed by atoms with Gasteiger partial charge < -0.3 is 4.74 Å². The molecule has 90 valence electrons. The molecule has 0 N–H and O–H groups in total. The van der Waals surface area contributed by atoms with Gasteiger partial charge in [0.1, 0.15) is 5.75 Å². The summed E-state index contributed by atoms with van der Waals surface area (Å²) in [5, 5.41) is 0. The van der Waals surface area contributed by atoms with Crippen LogP contribution in [0.3, 0.4) is 0 Å². The molecule has 0 radical (unpaired) electrons. The van der Waals surface area contributed by atoms with Crippen LogP contribution in [-0.2, 0) is 0 Å². The molecule has 0 aliphatic heterocycles. The van der Waals surface area contributed by atoms with Crippen molar-refractivity contribution in [3.05, 3.63) is 64.7 Å². The fourth-order valence-corrected chi connectivity index (χ4v) is 1.77. The van der Waals surface area contributed by atoms with Crippen LogP contribution in [0.25, 0.3) is 0 Å². The van der Waals surface area contributed by atoms with Crippen LogP contribution in [0.15, 0.2) is 42.5 Å². The Kier molecular flexibility index (Phi) is 3.69. The summed E-state index contributed by atoms with van der Waals surface area (Å²) in [5.74, 6) is 7.22. The number of benzene rings is 2. The number of ether oxygens (including phenoxy) is 1. The Labute approximate surface area is 108 Å². The average molecular weight is 236 g/mol. The highest BCUT2D eigenvalue weighted by atomic mass is 16.5. The Hall–Kier alpha value is -2.20. The molecule has 0 fully saturated rings. The molecule has 0 aliphatic rings. The molecule has 0 amide bonds. The van der Waals surface area contributed by atoms with Gasteiger partial charge >= 0.3 is 0 Å². The first-order valence-corrected chi connectivity index (χ1v) is 5.92. The summed E-state index contributed by atoms with van der Waals surface area (Å²) in [6, 6.07) is 14.1. The molecule has 0 saturated carbocycles. The fourth-order valence-electron chi connectivity index (χ4n) is 1.77. The molecule has 2 rings (SSSR count). The first-order valence-electron chi connectivity index (χ1n) is 5.92. The maximum Gasteiger partial charge on any atom is 0.118 e. The standard InChI is InChI=1S/C17H16O/c1-13-4-8-16(14(2)12-13)9-5-15-6-10-17(18-3)11-7-15/h4,6-8,10-12H,1-3H3. The summed E-state index contributed by atoms with van der Waals surface area (Å²) < 4.78 is 5.12. The zero-order valence-electron chi connectivity index (χ0n) is 10.9. The average Bonchev–Trinajstić information content (AvgIpc) is 2.38. The monoisotopic (exact) mass is 236 g/mol. The normalized spacial score (nSPS) is 9.50. The minimum atomic E-state index is 0.854. The Balaban J connectivity index is 2.25. The van der Waals surface area contributed by atoms with Crippen molar-refractivity contribution in [2.45, 2.75) is 13.8 Å². The zero-order chi connectivity index (χ0) is 13.0. The molecule has 0 atom stereocenters. The van der Waals surface area contributed by atoms with Crippen LogP contribution in [0.4, 0.5) is 0 Å². The minimum absolute atomic E-state index is 0.854. The van der Waals surface area contributed by atoms with Crippen molar-refractivity contribution in [1.29, 1.82) is 0 Å². The minimum Gasteiger partial charge on any atom is -0.497 e. The van der Waals surface area contributed by atoms with Crippen molar-refractivity contribution >= 4 is 0 Å². The largest absolute Gasteiger partial charge is 0.497 e. The third-order valence-corrected chi connectivity index (χ3v) is 2.81. The van der Waals surface area contributed by atoms with Gasteiger partial charge in [-0.05, 0) is 49.7 Å². The molecular formula is C17H16O. The maximum absolute atomic E-state index is 5.12. The molecule has 0 heterocycles. The van der Waals surface area contributed by atoms with Gasteiger partial charge in [0.05, 0.1) is 7.11 Å². The van der Waals surface area contributed by atoms with Gasteiger partial charge in [0, 0.05) is 11.1 Å². The second kappa shape index (κ2) is 5.42. The summed E-state index contributed by atoms with van der Waals surface area (Å²) in [6.45, 7) is 4.18. The molecule has 0 aromatic heterocycles. The Morgan fingerprint density at radius 2 is 1.61 bits per heavy atom. The van der Waals surface area contributed by atoms with Crippen LogP contribution >= 0.6 is 0 Å². The van der Waals surface area contributed by atoms with E-state index >= 15 is 0 Å². The number of rotatable bonds is 1. The number of hydrogen-bond acceptors (Lipinski definition) is 1. The van der Waals surface area contributed by atoms with Gasteiger partial charge in [-0.3, -0.25) is 0 Å². The Bertz CT molecular complexity index is 598. The molecule has 1 nitrogen and oxygen atoms in total. The van der Waals surface area contributed by atoms with E-state index in [4.69, 9.17) is 4.74 Å². The molecule has 0 aliphatic carbocycles. The lowest BCUT2D eigenvalue weighted by molar-refractivity contribution is 0.415. The van der Waals surface area contributed by atoms with Crippen molar-refractivity contribution in [1.82, 2.24) is 0 Å². The lowest BCUT2D eigenvalue weighted by atomic mass is 10.1. The van der Waals surface area contributed by atoms with Crippen LogP contribution in [0.2, 0.25) is 0 Å². The number of aryl methyl sites for hydroxylation is 2. The summed E-state index contributed by atoms with van der Waals surface area (Å²) in [6.07, 6.45) is 0. The predicted molar refractivity (Wildman–Crippen MR) is 74.9 cm³/mol. The molecule has 0 bridgehead atoms. The Morgan fingerprint density at radius 1 is 0.889 bits per heavy atom. The van der Waals surface area contributed by atoms with Crippen LogP contribution in [-0.4, -0.2) is 7.11 Å². The van der Waals surface area contributed by atoms with Crippen LogP contribution in [0, 0.1) is 25.7 Å². The quantitative estimate of drug-likeness (QED) is 0.686. The molecule has 18 heavy (non-hydrogen) atoms. The van der Waals surface area contributed by atoms with E-state index in [2.05, 4.69) is 43.9 Å². The van der Waals surface area contributed by atoms with E-state index in [0.29, 0.717) is 0 Å². The van der Waals surface area contributed by atoms with Gasteiger partial charge in [-0.1, -0.05) is 29.5 Å². The van der Waals surface area contributed by atoms with Crippen molar-refractivity contribution in [2.75, 3.05) is 7.11 Å². The lowest BCUT2D eigenvalue weighted by Gasteiger charge is -1.99. The van der Waals surface area contributed by atoms with Gasteiger partial charge in [0.25, 0.3) is 0 Å². The molecule has 0 unspecified atom stereocenters. The van der Waals surface area contributed by atoms with Gasteiger partial charge in [-0.2, -0.15) is 0 Å².